The summed E-state index contributed by atoms with van der Waals surface area (Å²) in [5.74, 6) is 1.65. The van der Waals surface area contributed by atoms with Gasteiger partial charge in [0.15, 0.2) is 5.82 Å². The van der Waals surface area contributed by atoms with Crippen molar-refractivity contribution < 1.29 is 17.7 Å². The minimum atomic E-state index is -4.36. The maximum atomic E-state index is 12.7. The van der Waals surface area contributed by atoms with Crippen molar-refractivity contribution in [3.63, 3.8) is 0 Å². The normalized spacial score (nSPS) is 13.3. The van der Waals surface area contributed by atoms with Gasteiger partial charge in [-0.1, -0.05) is 17.3 Å². The number of aromatic amines is 1. The van der Waals surface area contributed by atoms with Crippen molar-refractivity contribution in [1.82, 2.24) is 20.1 Å². The van der Waals surface area contributed by atoms with Crippen LogP contribution in [0.3, 0.4) is 0 Å². The second-order valence-electron chi connectivity index (χ2n) is 7.73. The molecule has 1 aliphatic carbocycles. The number of rotatable bonds is 7. The van der Waals surface area contributed by atoms with Crippen molar-refractivity contribution in [3.05, 3.63) is 59.5 Å². The van der Waals surface area contributed by atoms with Crippen LogP contribution in [0.25, 0.3) is 16.7 Å². The Bertz CT molecular complexity index is 1320. The summed E-state index contributed by atoms with van der Waals surface area (Å²) >= 11 is 0. The first-order chi connectivity index (χ1) is 15.8. The minimum Gasteiger partial charge on any atom is -0.360 e. The fraction of sp³-hybridized carbons (Fsp3) is 0.227. The highest BCUT2D eigenvalue weighted by Crippen LogP contribution is 2.37. The van der Waals surface area contributed by atoms with E-state index in [-0.39, 0.29) is 11.8 Å². The highest BCUT2D eigenvalue weighted by molar-refractivity contribution is 5.88. The lowest BCUT2D eigenvalue weighted by atomic mass is 10.1. The second kappa shape index (κ2) is 8.15. The van der Waals surface area contributed by atoms with E-state index in [0.717, 1.165) is 29.9 Å². The fourth-order valence-corrected chi connectivity index (χ4v) is 3.40. The Kier molecular flexibility index (Phi) is 5.15. The monoisotopic (exact) mass is 455 g/mol. The van der Waals surface area contributed by atoms with Gasteiger partial charge in [0.2, 0.25) is 5.95 Å². The summed E-state index contributed by atoms with van der Waals surface area (Å²) in [6.07, 6.45) is -0.704. The molecule has 11 heteroatoms. The highest BCUT2D eigenvalue weighted by atomic mass is 19.4. The number of hydrogen-bond acceptors (Lipinski definition) is 7. The number of nitrogens with zero attached hydrogens (tertiary/aromatic N) is 3. The van der Waals surface area contributed by atoms with Crippen molar-refractivity contribution in [1.29, 1.82) is 0 Å². The summed E-state index contributed by atoms with van der Waals surface area (Å²) in [5, 5.41) is 13.2. The SMILES string of the molecule is Cc1cc(NC(=C2CC2)c2ccc(Nc3nc(NCC(F)(F)F)c4cc[nH]c4n3)cc2)no1. The molecule has 3 aromatic heterocycles. The van der Waals surface area contributed by atoms with Crippen molar-refractivity contribution in [2.75, 3.05) is 22.5 Å². The number of halogens is 3. The third-order valence-electron chi connectivity index (χ3n) is 5.04. The molecule has 0 spiro atoms. The molecule has 1 aliphatic rings. The molecule has 5 rings (SSSR count). The number of benzene rings is 1. The van der Waals surface area contributed by atoms with Gasteiger partial charge in [-0.25, -0.2) is 0 Å². The molecular formula is C22H20F3N7O. The van der Waals surface area contributed by atoms with Crippen LogP contribution in [0.5, 0.6) is 0 Å². The molecule has 170 valence electrons. The number of allylic oxidation sites excluding steroid dienone is 1. The van der Waals surface area contributed by atoms with Gasteiger partial charge < -0.3 is 25.5 Å². The Hall–Kier alpha value is -4.02. The van der Waals surface area contributed by atoms with Gasteiger partial charge >= 0.3 is 6.18 Å². The molecule has 1 aromatic carbocycles. The van der Waals surface area contributed by atoms with Crippen LogP contribution >= 0.6 is 0 Å². The van der Waals surface area contributed by atoms with E-state index in [2.05, 4.69) is 36.1 Å². The van der Waals surface area contributed by atoms with Crippen molar-refractivity contribution in [2.45, 2.75) is 25.9 Å². The molecule has 0 bridgehead atoms. The maximum Gasteiger partial charge on any atom is 0.405 e. The zero-order chi connectivity index (χ0) is 23.0. The molecule has 4 N–H and O–H groups in total. The maximum absolute atomic E-state index is 12.7. The first-order valence-electron chi connectivity index (χ1n) is 10.3. The zero-order valence-electron chi connectivity index (χ0n) is 17.5. The summed E-state index contributed by atoms with van der Waals surface area (Å²) in [6, 6.07) is 11.1. The van der Waals surface area contributed by atoms with Crippen LogP contribution < -0.4 is 16.0 Å². The Morgan fingerprint density at radius 3 is 2.58 bits per heavy atom. The van der Waals surface area contributed by atoms with E-state index in [4.69, 9.17) is 4.52 Å². The van der Waals surface area contributed by atoms with Crippen LogP contribution in [-0.2, 0) is 0 Å². The lowest BCUT2D eigenvalue weighted by molar-refractivity contribution is -0.115. The first kappa shape index (κ1) is 20.9. The van der Waals surface area contributed by atoms with E-state index in [1.54, 1.807) is 12.3 Å². The fourth-order valence-electron chi connectivity index (χ4n) is 3.40. The first-order valence-corrected chi connectivity index (χ1v) is 10.3. The summed E-state index contributed by atoms with van der Waals surface area (Å²) in [5.41, 5.74) is 4.42. The average Bonchev–Trinajstić information content (AvgIpc) is 3.35. The number of hydrogen-bond donors (Lipinski definition) is 4. The van der Waals surface area contributed by atoms with Crippen LogP contribution in [0.4, 0.5) is 36.4 Å². The number of aromatic nitrogens is 4. The van der Waals surface area contributed by atoms with E-state index in [1.165, 1.54) is 5.57 Å². The predicted octanol–water partition coefficient (Wildman–Crippen LogP) is 5.59. The molecule has 8 nitrogen and oxygen atoms in total. The van der Waals surface area contributed by atoms with Gasteiger partial charge in [-0.15, -0.1) is 0 Å². The quantitative estimate of drug-likeness (QED) is 0.288. The van der Waals surface area contributed by atoms with Gasteiger partial charge in [-0.05, 0) is 49.1 Å². The van der Waals surface area contributed by atoms with Gasteiger partial charge in [0.25, 0.3) is 0 Å². The topological polar surface area (TPSA) is 104 Å². The van der Waals surface area contributed by atoms with Gasteiger partial charge in [0, 0.05) is 23.6 Å². The molecule has 0 amide bonds. The largest absolute Gasteiger partial charge is 0.405 e. The highest BCUT2D eigenvalue weighted by Gasteiger charge is 2.27. The summed E-state index contributed by atoms with van der Waals surface area (Å²) in [7, 11) is 0. The third kappa shape index (κ3) is 4.92. The molecule has 4 aromatic rings. The summed E-state index contributed by atoms with van der Waals surface area (Å²) in [4.78, 5) is 11.5. The number of H-pyrrole nitrogens is 1. The Morgan fingerprint density at radius 2 is 1.91 bits per heavy atom. The summed E-state index contributed by atoms with van der Waals surface area (Å²) in [6.45, 7) is 0.646. The van der Waals surface area contributed by atoms with Crippen LogP contribution in [0.15, 0.2) is 52.7 Å². The van der Waals surface area contributed by atoms with Crippen molar-refractivity contribution in [2.24, 2.45) is 0 Å². The van der Waals surface area contributed by atoms with Crippen LogP contribution in [0.1, 0.15) is 24.2 Å². The number of alkyl halides is 3. The van der Waals surface area contributed by atoms with Gasteiger partial charge in [-0.3, -0.25) is 0 Å². The number of anilines is 4. The minimum absolute atomic E-state index is 0.102. The lowest BCUT2D eigenvalue weighted by Crippen LogP contribution is -2.22. The molecule has 0 saturated heterocycles. The molecule has 1 fully saturated rings. The molecule has 0 atom stereocenters. The third-order valence-corrected chi connectivity index (χ3v) is 5.04. The lowest BCUT2D eigenvalue weighted by Gasteiger charge is -2.12. The summed E-state index contributed by atoms with van der Waals surface area (Å²) < 4.78 is 43.1. The van der Waals surface area contributed by atoms with Gasteiger partial charge in [-0.2, -0.15) is 23.1 Å². The number of nitrogens with one attached hydrogen (secondary N) is 4. The zero-order valence-corrected chi connectivity index (χ0v) is 17.5. The van der Waals surface area contributed by atoms with Gasteiger partial charge in [0.1, 0.15) is 23.8 Å². The van der Waals surface area contributed by atoms with E-state index in [0.29, 0.717) is 22.5 Å². The standard InChI is InChI=1S/C22H20F3N7O/c1-12-10-17(32-33-12)29-18(13-2-3-13)14-4-6-15(7-5-14)28-21-30-19-16(8-9-26-19)20(31-21)27-11-22(23,24)25/h4-10H,2-3,11H2,1H3,(H,29,32)(H3,26,27,28,30,31). The van der Waals surface area contributed by atoms with E-state index >= 15 is 0 Å². The molecule has 3 heterocycles. The predicted molar refractivity (Wildman–Crippen MR) is 119 cm³/mol. The molecule has 0 unspecified atom stereocenters. The molecule has 0 radical (unpaired) electrons. The molecule has 1 saturated carbocycles. The van der Waals surface area contributed by atoms with E-state index < -0.39 is 12.7 Å². The van der Waals surface area contributed by atoms with Crippen LogP contribution in [0.2, 0.25) is 0 Å². The second-order valence-corrected chi connectivity index (χ2v) is 7.73. The van der Waals surface area contributed by atoms with Gasteiger partial charge in [0.05, 0.1) is 5.39 Å². The number of aryl methyl sites for hydroxylation is 1. The molecular weight excluding hydrogens is 435 g/mol. The van der Waals surface area contributed by atoms with Crippen LogP contribution in [-0.4, -0.2) is 32.8 Å². The Balaban J connectivity index is 1.35. The van der Waals surface area contributed by atoms with E-state index in [1.807, 2.05) is 37.3 Å². The van der Waals surface area contributed by atoms with Crippen molar-refractivity contribution in [3.8, 4) is 0 Å². The molecule has 0 aliphatic heterocycles. The molecule has 33 heavy (non-hydrogen) atoms. The van der Waals surface area contributed by atoms with E-state index in [9.17, 15) is 13.2 Å². The smallest absolute Gasteiger partial charge is 0.360 e. The Labute approximate surface area is 186 Å². The van der Waals surface area contributed by atoms with Crippen LogP contribution in [0, 0.1) is 6.92 Å². The Morgan fingerprint density at radius 1 is 1.12 bits per heavy atom. The number of fused-ring (bicyclic) bond motifs is 1. The van der Waals surface area contributed by atoms with Crippen molar-refractivity contribution >= 4 is 40.0 Å². The average molecular weight is 455 g/mol.